The molecule has 19 heavy (non-hydrogen) atoms. The van der Waals surface area contributed by atoms with Gasteiger partial charge < -0.3 is 14.0 Å². The van der Waals surface area contributed by atoms with Gasteiger partial charge in [-0.3, -0.25) is 0 Å². The molecule has 0 saturated carbocycles. The van der Waals surface area contributed by atoms with Crippen molar-refractivity contribution in [2.24, 2.45) is 7.05 Å². The molecule has 0 aliphatic rings. The molecule has 0 fully saturated rings. The lowest BCUT2D eigenvalue weighted by Gasteiger charge is -2.08. The SMILES string of the molecule is COc1cc(OC)c2c(CCC#N)c(C)n(C)c2c1. The summed E-state index contributed by atoms with van der Waals surface area (Å²) < 4.78 is 12.9. The minimum atomic E-state index is 0.509. The van der Waals surface area contributed by atoms with Gasteiger partial charge in [0.05, 0.1) is 25.8 Å². The largest absolute Gasteiger partial charge is 0.497 e. The average molecular weight is 258 g/mol. The van der Waals surface area contributed by atoms with Crippen LogP contribution < -0.4 is 9.47 Å². The molecule has 0 N–H and O–H groups in total. The highest BCUT2D eigenvalue weighted by atomic mass is 16.5. The molecule has 0 bridgehead atoms. The Labute approximate surface area is 113 Å². The number of fused-ring (bicyclic) bond motifs is 1. The van der Waals surface area contributed by atoms with Gasteiger partial charge in [-0.2, -0.15) is 5.26 Å². The molecule has 2 rings (SSSR count). The predicted molar refractivity (Wildman–Crippen MR) is 74.7 cm³/mol. The molecule has 100 valence electrons. The Kier molecular flexibility index (Phi) is 3.66. The summed E-state index contributed by atoms with van der Waals surface area (Å²) in [5.41, 5.74) is 3.41. The van der Waals surface area contributed by atoms with Gasteiger partial charge in [0.15, 0.2) is 0 Å². The van der Waals surface area contributed by atoms with Crippen molar-refractivity contribution < 1.29 is 9.47 Å². The van der Waals surface area contributed by atoms with Gasteiger partial charge in [-0.05, 0) is 18.9 Å². The maximum atomic E-state index is 8.80. The number of methoxy groups -OCH3 is 2. The zero-order valence-corrected chi connectivity index (χ0v) is 11.8. The van der Waals surface area contributed by atoms with Crippen molar-refractivity contribution in [3.8, 4) is 17.6 Å². The van der Waals surface area contributed by atoms with Crippen LogP contribution in [0.3, 0.4) is 0 Å². The van der Waals surface area contributed by atoms with Gasteiger partial charge in [0.1, 0.15) is 11.5 Å². The van der Waals surface area contributed by atoms with Crippen LogP contribution in [0.5, 0.6) is 11.5 Å². The Bertz CT molecular complexity index is 650. The van der Waals surface area contributed by atoms with E-state index < -0.39 is 0 Å². The predicted octanol–water partition coefficient (Wildman–Crippen LogP) is 2.96. The van der Waals surface area contributed by atoms with Crippen LogP contribution in [-0.2, 0) is 13.5 Å². The molecule has 0 aliphatic carbocycles. The fourth-order valence-corrected chi connectivity index (χ4v) is 2.47. The maximum absolute atomic E-state index is 8.80. The smallest absolute Gasteiger partial charge is 0.132 e. The minimum absolute atomic E-state index is 0.509. The summed E-state index contributed by atoms with van der Waals surface area (Å²) in [7, 11) is 5.32. The molecule has 4 nitrogen and oxygen atoms in total. The van der Waals surface area contributed by atoms with Crippen LogP contribution >= 0.6 is 0 Å². The van der Waals surface area contributed by atoms with Crippen molar-refractivity contribution in [3.05, 3.63) is 23.4 Å². The average Bonchev–Trinajstić information content (AvgIpc) is 2.68. The molecule has 0 spiro atoms. The Morgan fingerprint density at radius 1 is 1.26 bits per heavy atom. The lowest BCUT2D eigenvalue weighted by Crippen LogP contribution is -1.92. The monoisotopic (exact) mass is 258 g/mol. The van der Waals surface area contributed by atoms with Crippen LogP contribution in [0.15, 0.2) is 12.1 Å². The van der Waals surface area contributed by atoms with Gasteiger partial charge in [-0.1, -0.05) is 0 Å². The highest BCUT2D eigenvalue weighted by molar-refractivity contribution is 5.92. The molecule has 0 radical (unpaired) electrons. The highest BCUT2D eigenvalue weighted by Crippen LogP contribution is 2.37. The second-order valence-corrected chi connectivity index (χ2v) is 4.50. The van der Waals surface area contributed by atoms with Crippen molar-refractivity contribution in [2.45, 2.75) is 19.8 Å². The van der Waals surface area contributed by atoms with Crippen molar-refractivity contribution in [1.29, 1.82) is 5.26 Å². The molecule has 1 aromatic heterocycles. The van der Waals surface area contributed by atoms with E-state index in [4.69, 9.17) is 14.7 Å². The van der Waals surface area contributed by atoms with E-state index >= 15 is 0 Å². The second kappa shape index (κ2) is 5.23. The number of aryl methyl sites for hydroxylation is 2. The zero-order chi connectivity index (χ0) is 14.0. The molecule has 1 heterocycles. The number of rotatable bonds is 4. The van der Waals surface area contributed by atoms with Gasteiger partial charge >= 0.3 is 0 Å². The van der Waals surface area contributed by atoms with Crippen LogP contribution in [0, 0.1) is 18.3 Å². The maximum Gasteiger partial charge on any atom is 0.132 e. The summed E-state index contributed by atoms with van der Waals surface area (Å²) >= 11 is 0. The van der Waals surface area contributed by atoms with E-state index in [1.807, 2.05) is 19.2 Å². The minimum Gasteiger partial charge on any atom is -0.497 e. The summed E-state index contributed by atoms with van der Waals surface area (Å²) in [6.07, 6.45) is 1.25. The van der Waals surface area contributed by atoms with Gasteiger partial charge in [-0.15, -0.1) is 0 Å². The molecule has 0 saturated heterocycles. The number of nitrogens with zero attached hydrogens (tertiary/aromatic N) is 2. The number of hydrogen-bond acceptors (Lipinski definition) is 3. The topological polar surface area (TPSA) is 47.2 Å². The third-order valence-corrected chi connectivity index (χ3v) is 3.60. The summed E-state index contributed by atoms with van der Waals surface area (Å²) in [5.74, 6) is 1.57. The Balaban J connectivity index is 2.75. The molecule has 0 aliphatic heterocycles. The van der Waals surface area contributed by atoms with Crippen LogP contribution in [0.2, 0.25) is 0 Å². The first-order chi connectivity index (χ1) is 9.13. The van der Waals surface area contributed by atoms with E-state index in [-0.39, 0.29) is 0 Å². The highest BCUT2D eigenvalue weighted by Gasteiger charge is 2.17. The fourth-order valence-electron chi connectivity index (χ4n) is 2.47. The van der Waals surface area contributed by atoms with Gasteiger partial charge in [0, 0.05) is 36.7 Å². The number of nitriles is 1. The van der Waals surface area contributed by atoms with E-state index in [9.17, 15) is 0 Å². The standard InChI is InChI=1S/C15H18N2O2/c1-10-12(6-5-7-16)15-13(17(10)2)8-11(18-3)9-14(15)19-4/h8-9H,5-6H2,1-4H3. The van der Waals surface area contributed by atoms with Crippen LogP contribution in [-0.4, -0.2) is 18.8 Å². The summed E-state index contributed by atoms with van der Waals surface area (Å²) in [6.45, 7) is 2.07. The summed E-state index contributed by atoms with van der Waals surface area (Å²) in [4.78, 5) is 0. The zero-order valence-electron chi connectivity index (χ0n) is 11.8. The Morgan fingerprint density at radius 3 is 2.58 bits per heavy atom. The lowest BCUT2D eigenvalue weighted by molar-refractivity contribution is 0.397. The van der Waals surface area contributed by atoms with E-state index in [1.54, 1.807) is 14.2 Å². The van der Waals surface area contributed by atoms with Gasteiger partial charge in [0.25, 0.3) is 0 Å². The molecule has 2 aromatic rings. The van der Waals surface area contributed by atoms with E-state index in [1.165, 1.54) is 5.56 Å². The summed E-state index contributed by atoms with van der Waals surface area (Å²) in [6, 6.07) is 6.09. The van der Waals surface area contributed by atoms with Crippen molar-refractivity contribution in [2.75, 3.05) is 14.2 Å². The number of ether oxygens (including phenoxy) is 2. The molecule has 0 atom stereocenters. The fraction of sp³-hybridized carbons (Fsp3) is 0.400. The van der Waals surface area contributed by atoms with Gasteiger partial charge in [0.2, 0.25) is 0 Å². The molecule has 1 aromatic carbocycles. The quantitative estimate of drug-likeness (QED) is 0.847. The van der Waals surface area contributed by atoms with Crippen molar-refractivity contribution >= 4 is 10.9 Å². The normalized spacial score (nSPS) is 10.5. The number of aromatic nitrogens is 1. The molecule has 4 heteroatoms. The first-order valence-corrected chi connectivity index (χ1v) is 6.20. The first-order valence-electron chi connectivity index (χ1n) is 6.20. The van der Waals surface area contributed by atoms with E-state index in [2.05, 4.69) is 17.6 Å². The third-order valence-electron chi connectivity index (χ3n) is 3.60. The Morgan fingerprint density at radius 2 is 2.00 bits per heavy atom. The van der Waals surface area contributed by atoms with Crippen molar-refractivity contribution in [1.82, 2.24) is 4.57 Å². The molecular formula is C15H18N2O2. The van der Waals surface area contributed by atoms with Crippen molar-refractivity contribution in [3.63, 3.8) is 0 Å². The third kappa shape index (κ3) is 2.12. The molecular weight excluding hydrogens is 240 g/mol. The second-order valence-electron chi connectivity index (χ2n) is 4.50. The first kappa shape index (κ1) is 13.3. The summed E-state index contributed by atoms with van der Waals surface area (Å²) in [5, 5.41) is 9.88. The number of benzene rings is 1. The van der Waals surface area contributed by atoms with E-state index in [0.717, 1.165) is 34.5 Å². The number of hydrogen-bond donors (Lipinski definition) is 0. The Hall–Kier alpha value is -2.15. The molecule has 0 amide bonds. The van der Waals surface area contributed by atoms with Crippen LogP contribution in [0.25, 0.3) is 10.9 Å². The molecule has 0 unspecified atom stereocenters. The van der Waals surface area contributed by atoms with E-state index in [0.29, 0.717) is 6.42 Å². The van der Waals surface area contributed by atoms with Gasteiger partial charge in [-0.25, -0.2) is 0 Å². The van der Waals surface area contributed by atoms with Crippen LogP contribution in [0.4, 0.5) is 0 Å². The lowest BCUT2D eigenvalue weighted by atomic mass is 10.1. The van der Waals surface area contributed by atoms with Crippen LogP contribution in [0.1, 0.15) is 17.7 Å².